The van der Waals surface area contributed by atoms with Crippen LogP contribution < -0.4 is 10.9 Å². The van der Waals surface area contributed by atoms with Gasteiger partial charge in [0.2, 0.25) is 5.91 Å². The molecule has 0 spiro atoms. The van der Waals surface area contributed by atoms with Gasteiger partial charge in [0.15, 0.2) is 5.16 Å². The van der Waals surface area contributed by atoms with Crippen LogP contribution in [0.5, 0.6) is 0 Å². The molecule has 0 bridgehead atoms. The van der Waals surface area contributed by atoms with Gasteiger partial charge in [-0.05, 0) is 55.3 Å². The lowest BCUT2D eigenvalue weighted by molar-refractivity contribution is -0.116. The molecule has 1 amide bonds. The van der Waals surface area contributed by atoms with E-state index < -0.39 is 11.4 Å². The number of aromatic nitrogens is 2. The Balaban J connectivity index is 1.55. The highest BCUT2D eigenvalue weighted by atomic mass is 32.2. The van der Waals surface area contributed by atoms with Crippen LogP contribution in [0.3, 0.4) is 0 Å². The van der Waals surface area contributed by atoms with Crippen LogP contribution in [-0.2, 0) is 4.79 Å². The first-order valence-electron chi connectivity index (χ1n) is 8.31. The molecule has 0 saturated heterocycles. The molecule has 27 heavy (non-hydrogen) atoms. The van der Waals surface area contributed by atoms with Gasteiger partial charge < -0.3 is 10.3 Å². The highest BCUT2D eigenvalue weighted by Gasteiger charge is 2.10. The van der Waals surface area contributed by atoms with Crippen LogP contribution in [0.25, 0.3) is 10.9 Å². The van der Waals surface area contributed by atoms with E-state index in [1.54, 1.807) is 13.0 Å². The van der Waals surface area contributed by atoms with Crippen molar-refractivity contribution in [2.45, 2.75) is 24.9 Å². The number of benzene rings is 2. The minimum Gasteiger partial charge on any atom is -0.326 e. The molecule has 0 aliphatic heterocycles. The lowest BCUT2D eigenvalue weighted by atomic mass is 10.1. The first kappa shape index (κ1) is 19.0. The standard InChI is InChI=1S/C19H17F2N3O2S/c1-11-9-14(21)17-15(10-11)23-19(24-18(17)26)27-8-2-3-16(25)22-13-6-4-12(20)5-7-13/h4-7,9-10H,2-3,8H2,1H3,(H,22,25)(H,23,24,26). The van der Waals surface area contributed by atoms with E-state index in [-0.39, 0.29) is 23.5 Å². The van der Waals surface area contributed by atoms with E-state index in [9.17, 15) is 18.4 Å². The van der Waals surface area contributed by atoms with Gasteiger partial charge in [-0.25, -0.2) is 13.8 Å². The summed E-state index contributed by atoms with van der Waals surface area (Å²) in [4.78, 5) is 30.8. The van der Waals surface area contributed by atoms with Crippen molar-refractivity contribution in [2.75, 3.05) is 11.1 Å². The Morgan fingerprint density at radius 1 is 1.22 bits per heavy atom. The van der Waals surface area contributed by atoms with E-state index in [4.69, 9.17) is 0 Å². The summed E-state index contributed by atoms with van der Waals surface area (Å²) >= 11 is 1.29. The summed E-state index contributed by atoms with van der Waals surface area (Å²) in [6.45, 7) is 1.73. The molecule has 3 rings (SSSR count). The van der Waals surface area contributed by atoms with Gasteiger partial charge in [0, 0.05) is 17.9 Å². The molecule has 8 heteroatoms. The summed E-state index contributed by atoms with van der Waals surface area (Å²) in [6.07, 6.45) is 0.831. The van der Waals surface area contributed by atoms with Gasteiger partial charge in [-0.3, -0.25) is 9.59 Å². The van der Waals surface area contributed by atoms with Gasteiger partial charge in [0.05, 0.1) is 5.52 Å². The maximum Gasteiger partial charge on any atom is 0.262 e. The van der Waals surface area contributed by atoms with Gasteiger partial charge in [0.25, 0.3) is 5.56 Å². The fraction of sp³-hybridized carbons (Fsp3) is 0.211. The largest absolute Gasteiger partial charge is 0.326 e. The van der Waals surface area contributed by atoms with E-state index in [0.29, 0.717) is 34.1 Å². The number of amides is 1. The number of carbonyl (C=O) groups excluding carboxylic acids is 1. The van der Waals surface area contributed by atoms with Crippen LogP contribution in [0.1, 0.15) is 18.4 Å². The number of anilines is 1. The summed E-state index contributed by atoms with van der Waals surface area (Å²) in [7, 11) is 0. The van der Waals surface area contributed by atoms with Crippen LogP contribution in [0.15, 0.2) is 46.3 Å². The van der Waals surface area contributed by atoms with E-state index in [0.717, 1.165) is 0 Å². The van der Waals surface area contributed by atoms with Gasteiger partial charge in [-0.2, -0.15) is 0 Å². The maximum absolute atomic E-state index is 13.9. The third-order valence-electron chi connectivity index (χ3n) is 3.80. The molecule has 0 atom stereocenters. The lowest BCUT2D eigenvalue weighted by Crippen LogP contribution is -2.12. The number of H-pyrrole nitrogens is 1. The average Bonchev–Trinajstić information content (AvgIpc) is 2.60. The quantitative estimate of drug-likeness (QED) is 0.379. The van der Waals surface area contributed by atoms with Crippen LogP contribution in [0.2, 0.25) is 0 Å². The second-order valence-corrected chi connectivity index (χ2v) is 7.10. The van der Waals surface area contributed by atoms with E-state index >= 15 is 0 Å². The second kappa shape index (κ2) is 8.30. The molecule has 0 aliphatic rings. The third-order valence-corrected chi connectivity index (χ3v) is 4.76. The molecular formula is C19H17F2N3O2S. The summed E-state index contributed by atoms with van der Waals surface area (Å²) in [5, 5.41) is 3.02. The molecule has 140 valence electrons. The van der Waals surface area contributed by atoms with Crippen molar-refractivity contribution in [2.24, 2.45) is 0 Å². The zero-order valence-electron chi connectivity index (χ0n) is 14.5. The van der Waals surface area contributed by atoms with Crippen molar-refractivity contribution >= 4 is 34.3 Å². The highest BCUT2D eigenvalue weighted by Crippen LogP contribution is 2.19. The zero-order chi connectivity index (χ0) is 19.4. The number of rotatable bonds is 6. The molecule has 0 fully saturated rings. The third kappa shape index (κ3) is 4.91. The topological polar surface area (TPSA) is 74.8 Å². The molecule has 0 unspecified atom stereocenters. The zero-order valence-corrected chi connectivity index (χ0v) is 15.3. The number of halogens is 2. The van der Waals surface area contributed by atoms with Crippen molar-refractivity contribution in [3.8, 4) is 0 Å². The summed E-state index contributed by atoms with van der Waals surface area (Å²) in [6, 6.07) is 8.49. The molecule has 0 radical (unpaired) electrons. The normalized spacial score (nSPS) is 10.9. The van der Waals surface area contributed by atoms with E-state index in [2.05, 4.69) is 15.3 Å². The van der Waals surface area contributed by atoms with Gasteiger partial charge in [0.1, 0.15) is 17.0 Å². The van der Waals surface area contributed by atoms with E-state index in [1.165, 1.54) is 42.1 Å². The Labute approximate surface area is 158 Å². The molecule has 2 N–H and O–H groups in total. The Morgan fingerprint density at radius 2 is 1.96 bits per heavy atom. The predicted octanol–water partition coefficient (Wildman–Crippen LogP) is 4.02. The molecule has 0 aliphatic carbocycles. The number of hydrogen-bond acceptors (Lipinski definition) is 4. The number of nitrogens with one attached hydrogen (secondary N) is 2. The highest BCUT2D eigenvalue weighted by molar-refractivity contribution is 7.99. The molecule has 1 heterocycles. The van der Waals surface area contributed by atoms with Crippen LogP contribution in [0, 0.1) is 18.6 Å². The number of carbonyl (C=O) groups is 1. The number of aryl methyl sites for hydroxylation is 1. The summed E-state index contributed by atoms with van der Waals surface area (Å²) in [5.74, 6) is -0.580. The van der Waals surface area contributed by atoms with Crippen LogP contribution in [0.4, 0.5) is 14.5 Å². The van der Waals surface area contributed by atoms with E-state index in [1.807, 2.05) is 0 Å². The second-order valence-electron chi connectivity index (χ2n) is 6.02. The number of nitrogens with zero attached hydrogens (tertiary/aromatic N) is 1. The van der Waals surface area contributed by atoms with Crippen molar-refractivity contribution in [1.29, 1.82) is 0 Å². The monoisotopic (exact) mass is 389 g/mol. The van der Waals surface area contributed by atoms with Crippen LogP contribution in [-0.4, -0.2) is 21.6 Å². The van der Waals surface area contributed by atoms with Gasteiger partial charge in [-0.1, -0.05) is 11.8 Å². The molecule has 0 saturated carbocycles. The lowest BCUT2D eigenvalue weighted by Gasteiger charge is -2.06. The Bertz CT molecular complexity index is 1040. The molecular weight excluding hydrogens is 372 g/mol. The number of fused-ring (bicyclic) bond motifs is 1. The summed E-state index contributed by atoms with van der Waals surface area (Å²) < 4.78 is 26.7. The minimum atomic E-state index is -0.590. The molecule has 3 aromatic rings. The number of thioether (sulfide) groups is 1. The van der Waals surface area contributed by atoms with Crippen molar-refractivity contribution in [1.82, 2.24) is 9.97 Å². The molecule has 5 nitrogen and oxygen atoms in total. The fourth-order valence-electron chi connectivity index (χ4n) is 2.56. The first-order chi connectivity index (χ1) is 12.9. The van der Waals surface area contributed by atoms with Crippen LogP contribution >= 0.6 is 11.8 Å². The fourth-order valence-corrected chi connectivity index (χ4v) is 3.37. The smallest absolute Gasteiger partial charge is 0.262 e. The Morgan fingerprint density at radius 3 is 2.70 bits per heavy atom. The SMILES string of the molecule is Cc1cc(F)c2c(=O)[nH]c(SCCCC(=O)Nc3ccc(F)cc3)nc2c1. The number of hydrogen-bond donors (Lipinski definition) is 2. The minimum absolute atomic E-state index is 0.0522. The molecule has 2 aromatic carbocycles. The summed E-state index contributed by atoms with van der Waals surface area (Å²) in [5.41, 5.74) is 1.01. The maximum atomic E-state index is 13.9. The molecule has 1 aromatic heterocycles. The van der Waals surface area contributed by atoms with Crippen molar-refractivity contribution < 1.29 is 13.6 Å². The average molecular weight is 389 g/mol. The number of aromatic amines is 1. The first-order valence-corrected chi connectivity index (χ1v) is 9.29. The van der Waals surface area contributed by atoms with Gasteiger partial charge >= 0.3 is 0 Å². The van der Waals surface area contributed by atoms with Crippen molar-refractivity contribution in [3.05, 3.63) is 63.9 Å². The Kier molecular flexibility index (Phi) is 5.85. The van der Waals surface area contributed by atoms with Crippen molar-refractivity contribution in [3.63, 3.8) is 0 Å². The Hall–Kier alpha value is -2.74. The van der Waals surface area contributed by atoms with Gasteiger partial charge in [-0.15, -0.1) is 0 Å². The predicted molar refractivity (Wildman–Crippen MR) is 102 cm³/mol.